The molecule has 0 bridgehead atoms. The SMILES string of the molecule is CCCCC(CCCCCC(C)C)CCOSC. The zero-order valence-corrected chi connectivity index (χ0v) is 13.9. The van der Waals surface area contributed by atoms with Gasteiger partial charge in [-0.1, -0.05) is 72.1 Å². The van der Waals surface area contributed by atoms with Crippen molar-refractivity contribution >= 4 is 12.0 Å². The van der Waals surface area contributed by atoms with Crippen molar-refractivity contribution in [2.75, 3.05) is 12.9 Å². The van der Waals surface area contributed by atoms with Crippen LogP contribution in [0.25, 0.3) is 0 Å². The van der Waals surface area contributed by atoms with Crippen LogP contribution in [0.2, 0.25) is 0 Å². The highest BCUT2D eigenvalue weighted by atomic mass is 32.2. The molecule has 0 aliphatic carbocycles. The van der Waals surface area contributed by atoms with Crippen molar-refractivity contribution in [3.8, 4) is 0 Å². The molecule has 0 amide bonds. The van der Waals surface area contributed by atoms with Crippen molar-refractivity contribution in [1.29, 1.82) is 0 Å². The fraction of sp³-hybridized carbons (Fsp3) is 1.00. The van der Waals surface area contributed by atoms with E-state index in [0.29, 0.717) is 0 Å². The fourth-order valence-corrected chi connectivity index (χ4v) is 2.65. The first-order valence-electron chi connectivity index (χ1n) is 7.86. The summed E-state index contributed by atoms with van der Waals surface area (Å²) < 4.78 is 5.42. The molecule has 0 saturated carbocycles. The monoisotopic (exact) mass is 274 g/mol. The summed E-state index contributed by atoms with van der Waals surface area (Å²) in [6.07, 6.45) is 14.4. The Kier molecular flexibility index (Phi) is 14.0. The molecule has 2 heteroatoms. The minimum atomic E-state index is 0.871. The van der Waals surface area contributed by atoms with Crippen molar-refractivity contribution in [3.05, 3.63) is 0 Å². The van der Waals surface area contributed by atoms with Crippen LogP contribution in [-0.2, 0) is 4.18 Å². The normalized spacial score (nSPS) is 13.2. The summed E-state index contributed by atoms with van der Waals surface area (Å²) in [5.74, 6) is 1.77. The van der Waals surface area contributed by atoms with Gasteiger partial charge < -0.3 is 4.18 Å². The van der Waals surface area contributed by atoms with E-state index in [1.54, 1.807) is 0 Å². The second kappa shape index (κ2) is 13.7. The Morgan fingerprint density at radius 2 is 1.56 bits per heavy atom. The van der Waals surface area contributed by atoms with Gasteiger partial charge in [-0.05, 0) is 30.3 Å². The molecule has 0 aliphatic rings. The third kappa shape index (κ3) is 12.8. The Hall–Kier alpha value is 0.310. The molecule has 0 radical (unpaired) electrons. The Labute approximate surface area is 120 Å². The number of unbranched alkanes of at least 4 members (excludes halogenated alkanes) is 3. The first-order valence-corrected chi connectivity index (χ1v) is 9.01. The predicted molar refractivity (Wildman–Crippen MR) is 85.0 cm³/mol. The largest absolute Gasteiger partial charge is 0.316 e. The van der Waals surface area contributed by atoms with Gasteiger partial charge in [0.05, 0.1) is 6.61 Å². The Morgan fingerprint density at radius 1 is 0.889 bits per heavy atom. The molecule has 0 saturated heterocycles. The zero-order valence-electron chi connectivity index (χ0n) is 13.0. The van der Waals surface area contributed by atoms with E-state index in [1.807, 2.05) is 6.26 Å². The highest BCUT2D eigenvalue weighted by Crippen LogP contribution is 2.21. The molecule has 0 spiro atoms. The van der Waals surface area contributed by atoms with Gasteiger partial charge >= 0.3 is 0 Å². The molecular formula is C16H34OS. The summed E-state index contributed by atoms with van der Waals surface area (Å²) in [5, 5.41) is 0. The summed E-state index contributed by atoms with van der Waals surface area (Å²) in [7, 11) is 0. The molecule has 0 fully saturated rings. The standard InChI is InChI=1S/C16H34OS/c1-5-6-11-16(13-14-17-18-4)12-9-7-8-10-15(2)3/h15-16H,5-14H2,1-4H3. The van der Waals surface area contributed by atoms with E-state index >= 15 is 0 Å². The molecule has 1 atom stereocenters. The lowest BCUT2D eigenvalue weighted by Crippen LogP contribution is -2.04. The summed E-state index contributed by atoms with van der Waals surface area (Å²) in [4.78, 5) is 0. The van der Waals surface area contributed by atoms with E-state index in [2.05, 4.69) is 20.8 Å². The van der Waals surface area contributed by atoms with Gasteiger partial charge in [0.1, 0.15) is 0 Å². The molecular weight excluding hydrogens is 240 g/mol. The van der Waals surface area contributed by atoms with E-state index in [4.69, 9.17) is 4.18 Å². The van der Waals surface area contributed by atoms with Crippen LogP contribution in [-0.4, -0.2) is 12.9 Å². The van der Waals surface area contributed by atoms with E-state index < -0.39 is 0 Å². The van der Waals surface area contributed by atoms with E-state index in [0.717, 1.165) is 18.4 Å². The van der Waals surface area contributed by atoms with Crippen LogP contribution < -0.4 is 0 Å². The van der Waals surface area contributed by atoms with Crippen LogP contribution in [0.1, 0.15) is 78.6 Å². The summed E-state index contributed by atoms with van der Waals surface area (Å²) in [5.41, 5.74) is 0. The Morgan fingerprint density at radius 3 is 2.17 bits per heavy atom. The fourth-order valence-electron chi connectivity index (χ4n) is 2.39. The molecule has 0 aromatic carbocycles. The molecule has 1 nitrogen and oxygen atoms in total. The minimum Gasteiger partial charge on any atom is -0.316 e. The van der Waals surface area contributed by atoms with Crippen molar-refractivity contribution in [3.63, 3.8) is 0 Å². The van der Waals surface area contributed by atoms with Crippen LogP contribution in [0.3, 0.4) is 0 Å². The summed E-state index contributed by atoms with van der Waals surface area (Å²) >= 11 is 1.50. The lowest BCUT2D eigenvalue weighted by molar-refractivity contribution is 0.291. The topological polar surface area (TPSA) is 9.23 Å². The van der Waals surface area contributed by atoms with Crippen LogP contribution in [0.5, 0.6) is 0 Å². The van der Waals surface area contributed by atoms with E-state index in [1.165, 1.54) is 69.8 Å². The molecule has 0 aliphatic heterocycles. The summed E-state index contributed by atoms with van der Waals surface area (Å²) in [6.45, 7) is 7.87. The smallest absolute Gasteiger partial charge is 0.0616 e. The van der Waals surface area contributed by atoms with Crippen LogP contribution >= 0.6 is 12.0 Å². The maximum absolute atomic E-state index is 5.42. The second-order valence-electron chi connectivity index (χ2n) is 5.82. The van der Waals surface area contributed by atoms with E-state index in [-0.39, 0.29) is 0 Å². The number of hydrogen-bond acceptors (Lipinski definition) is 2. The molecule has 1 unspecified atom stereocenters. The first kappa shape index (κ1) is 18.3. The van der Waals surface area contributed by atoms with Gasteiger partial charge in [0, 0.05) is 6.26 Å². The average molecular weight is 275 g/mol. The highest BCUT2D eigenvalue weighted by molar-refractivity contribution is 7.93. The molecule has 110 valence electrons. The highest BCUT2D eigenvalue weighted by Gasteiger charge is 2.08. The lowest BCUT2D eigenvalue weighted by Gasteiger charge is -2.16. The molecule has 18 heavy (non-hydrogen) atoms. The lowest BCUT2D eigenvalue weighted by atomic mass is 9.92. The quantitative estimate of drug-likeness (QED) is 0.297. The first-order chi connectivity index (χ1) is 8.70. The van der Waals surface area contributed by atoms with Gasteiger partial charge in [-0.2, -0.15) is 0 Å². The maximum atomic E-state index is 5.42. The minimum absolute atomic E-state index is 0.871. The van der Waals surface area contributed by atoms with E-state index in [9.17, 15) is 0 Å². The van der Waals surface area contributed by atoms with Gasteiger partial charge in [0.25, 0.3) is 0 Å². The third-order valence-electron chi connectivity index (χ3n) is 3.59. The van der Waals surface area contributed by atoms with Crippen molar-refractivity contribution in [1.82, 2.24) is 0 Å². The molecule has 0 N–H and O–H groups in total. The van der Waals surface area contributed by atoms with Crippen molar-refractivity contribution in [2.24, 2.45) is 11.8 Å². The Balaban J connectivity index is 3.58. The zero-order chi connectivity index (χ0) is 13.6. The molecule has 0 aromatic rings. The predicted octanol–water partition coefficient (Wildman–Crippen LogP) is 6.08. The van der Waals surface area contributed by atoms with Gasteiger partial charge in [0.2, 0.25) is 0 Å². The average Bonchev–Trinajstić information content (AvgIpc) is 2.34. The van der Waals surface area contributed by atoms with Gasteiger partial charge in [-0.3, -0.25) is 0 Å². The number of hydrogen-bond donors (Lipinski definition) is 0. The van der Waals surface area contributed by atoms with Crippen molar-refractivity contribution in [2.45, 2.75) is 78.6 Å². The van der Waals surface area contributed by atoms with Crippen LogP contribution in [0.15, 0.2) is 0 Å². The van der Waals surface area contributed by atoms with Gasteiger partial charge in [0.15, 0.2) is 0 Å². The summed E-state index contributed by atoms with van der Waals surface area (Å²) in [6, 6.07) is 0. The van der Waals surface area contributed by atoms with Gasteiger partial charge in [-0.15, -0.1) is 0 Å². The van der Waals surface area contributed by atoms with Crippen LogP contribution in [0, 0.1) is 11.8 Å². The van der Waals surface area contributed by atoms with Gasteiger partial charge in [-0.25, -0.2) is 0 Å². The second-order valence-corrected chi connectivity index (χ2v) is 6.39. The Bertz CT molecular complexity index is 159. The molecule has 0 rings (SSSR count). The molecule has 0 heterocycles. The molecule has 0 aromatic heterocycles. The maximum Gasteiger partial charge on any atom is 0.0616 e. The number of rotatable bonds is 13. The van der Waals surface area contributed by atoms with Crippen molar-refractivity contribution < 1.29 is 4.18 Å². The third-order valence-corrected chi connectivity index (χ3v) is 3.99. The van der Waals surface area contributed by atoms with Crippen LogP contribution in [0.4, 0.5) is 0 Å².